The highest BCUT2D eigenvalue weighted by molar-refractivity contribution is 6.06. The van der Waals surface area contributed by atoms with Crippen LogP contribution in [0.25, 0.3) is 6.08 Å². The van der Waals surface area contributed by atoms with Crippen LogP contribution in [0.3, 0.4) is 0 Å². The Labute approximate surface area is 237 Å². The third-order valence-corrected chi connectivity index (χ3v) is 9.46. The zero-order valence-corrected chi connectivity index (χ0v) is 23.6. The Morgan fingerprint density at radius 3 is 2.45 bits per heavy atom. The lowest BCUT2D eigenvalue weighted by Gasteiger charge is -2.36. The van der Waals surface area contributed by atoms with Gasteiger partial charge in [0.25, 0.3) is 0 Å². The fraction of sp³-hybridized carbons (Fsp3) is 0.471. The first kappa shape index (κ1) is 27.0. The Morgan fingerprint density at radius 1 is 1.00 bits per heavy atom. The number of carbonyl (C=O) groups excluding carboxylic acids is 2. The number of amides is 2. The highest BCUT2D eigenvalue weighted by Gasteiger charge is 2.57. The van der Waals surface area contributed by atoms with E-state index >= 15 is 0 Å². The summed E-state index contributed by atoms with van der Waals surface area (Å²) in [6.07, 6.45) is 6.28. The van der Waals surface area contributed by atoms with Gasteiger partial charge >= 0.3 is 0 Å². The standard InChI is InChI=1S/C34H40N2O4/c1-22(18-24-9-11-27(37)12-10-24)8-13-30-31-23(2)19-28-32(29(31)21-40-30)34(39)36(33(28)38)26-14-16-35(17-15-26)20-25-6-4-3-5-7-25/h3-7,9-12,18,26,28-30,32,37H,8,13-17,19-21H2,1-2H3/b22-18+/t28-,29+,30-,32-/m1/s1. The van der Waals surface area contributed by atoms with Crippen molar-refractivity contribution in [3.8, 4) is 5.75 Å². The van der Waals surface area contributed by atoms with Crippen molar-refractivity contribution in [2.45, 2.75) is 64.6 Å². The van der Waals surface area contributed by atoms with Crippen molar-refractivity contribution < 1.29 is 19.4 Å². The van der Waals surface area contributed by atoms with Crippen molar-refractivity contribution in [1.82, 2.24) is 9.80 Å². The summed E-state index contributed by atoms with van der Waals surface area (Å²) < 4.78 is 6.32. The average Bonchev–Trinajstić information content (AvgIpc) is 3.49. The van der Waals surface area contributed by atoms with E-state index in [0.717, 1.165) is 50.9 Å². The van der Waals surface area contributed by atoms with Gasteiger partial charge in [-0.2, -0.15) is 0 Å². The lowest BCUT2D eigenvalue weighted by atomic mass is 9.70. The van der Waals surface area contributed by atoms with E-state index in [1.807, 2.05) is 18.2 Å². The van der Waals surface area contributed by atoms with Gasteiger partial charge in [-0.25, -0.2) is 0 Å². The third-order valence-electron chi connectivity index (χ3n) is 9.46. The van der Waals surface area contributed by atoms with Crippen LogP contribution in [0.4, 0.5) is 0 Å². The number of piperidine rings is 1. The molecule has 2 aromatic carbocycles. The van der Waals surface area contributed by atoms with Crippen molar-refractivity contribution in [2.24, 2.45) is 17.8 Å². The van der Waals surface area contributed by atoms with E-state index in [4.69, 9.17) is 4.74 Å². The van der Waals surface area contributed by atoms with Gasteiger partial charge in [-0.05, 0) is 74.8 Å². The fourth-order valence-electron chi connectivity index (χ4n) is 7.48. The molecule has 3 heterocycles. The summed E-state index contributed by atoms with van der Waals surface area (Å²) >= 11 is 0. The Balaban J connectivity index is 1.09. The number of rotatable bonds is 7. The van der Waals surface area contributed by atoms with Gasteiger partial charge in [0.15, 0.2) is 0 Å². The average molecular weight is 541 g/mol. The number of hydrogen-bond donors (Lipinski definition) is 1. The van der Waals surface area contributed by atoms with Gasteiger partial charge in [0.05, 0.1) is 24.5 Å². The van der Waals surface area contributed by atoms with E-state index in [0.29, 0.717) is 13.0 Å². The summed E-state index contributed by atoms with van der Waals surface area (Å²) in [5, 5.41) is 9.53. The number of benzene rings is 2. The summed E-state index contributed by atoms with van der Waals surface area (Å²) in [5.41, 5.74) is 6.14. The number of allylic oxidation sites excluding steroid dienone is 2. The van der Waals surface area contributed by atoms with Gasteiger partial charge in [0.2, 0.25) is 11.8 Å². The van der Waals surface area contributed by atoms with E-state index in [2.05, 4.69) is 49.1 Å². The SMILES string of the molecule is CC1=C2[C@@H](CC/C(C)=C/c3ccc(O)cc3)OC[C@@H]2[C@@H]2C(=O)N(C3CCN(Cc4ccccc4)CC3)C(=O)[C@@H]2C1. The normalized spacial score (nSPS) is 27.9. The van der Waals surface area contributed by atoms with Gasteiger partial charge in [-0.15, -0.1) is 0 Å². The minimum Gasteiger partial charge on any atom is -0.508 e. The zero-order chi connectivity index (χ0) is 27.8. The number of nitrogens with zero attached hydrogens (tertiary/aromatic N) is 2. The lowest BCUT2D eigenvalue weighted by Crippen LogP contribution is -2.47. The topological polar surface area (TPSA) is 70.1 Å². The summed E-state index contributed by atoms with van der Waals surface area (Å²) in [6, 6.07) is 17.7. The van der Waals surface area contributed by atoms with Gasteiger partial charge in [0, 0.05) is 31.6 Å². The number of likely N-dealkylation sites (tertiary alicyclic amines) is 2. The maximum atomic E-state index is 13.9. The molecule has 3 fully saturated rings. The molecule has 0 radical (unpaired) electrons. The molecule has 1 aliphatic carbocycles. The van der Waals surface area contributed by atoms with Crippen molar-refractivity contribution in [3.63, 3.8) is 0 Å². The van der Waals surface area contributed by atoms with Crippen LogP contribution in [-0.2, 0) is 20.9 Å². The molecule has 2 amide bonds. The maximum Gasteiger partial charge on any atom is 0.234 e. The van der Waals surface area contributed by atoms with Crippen LogP contribution in [-0.4, -0.2) is 58.6 Å². The minimum atomic E-state index is -0.271. The lowest BCUT2D eigenvalue weighted by molar-refractivity contribution is -0.144. The van der Waals surface area contributed by atoms with Crippen LogP contribution >= 0.6 is 0 Å². The number of aromatic hydroxyl groups is 1. The second-order valence-corrected chi connectivity index (χ2v) is 12.2. The fourth-order valence-corrected chi connectivity index (χ4v) is 7.48. The molecule has 6 heteroatoms. The predicted molar refractivity (Wildman–Crippen MR) is 155 cm³/mol. The second kappa shape index (κ2) is 11.3. The van der Waals surface area contributed by atoms with E-state index in [1.54, 1.807) is 17.0 Å². The van der Waals surface area contributed by atoms with E-state index in [-0.39, 0.29) is 47.5 Å². The molecule has 2 aromatic rings. The molecule has 40 heavy (non-hydrogen) atoms. The quantitative estimate of drug-likeness (QED) is 0.367. The van der Waals surface area contributed by atoms with Crippen LogP contribution in [0.5, 0.6) is 5.75 Å². The smallest absolute Gasteiger partial charge is 0.234 e. The maximum absolute atomic E-state index is 13.9. The first-order valence-corrected chi connectivity index (χ1v) is 14.8. The summed E-state index contributed by atoms with van der Waals surface area (Å²) in [4.78, 5) is 31.6. The molecule has 0 unspecified atom stereocenters. The van der Waals surface area contributed by atoms with Crippen LogP contribution < -0.4 is 0 Å². The number of fused-ring (bicyclic) bond motifs is 3. The molecule has 0 aromatic heterocycles. The number of imide groups is 1. The molecule has 1 N–H and O–H groups in total. The van der Waals surface area contributed by atoms with Crippen molar-refractivity contribution in [2.75, 3.05) is 19.7 Å². The van der Waals surface area contributed by atoms with E-state index in [9.17, 15) is 14.7 Å². The number of phenols is 1. The summed E-state index contributed by atoms with van der Waals surface area (Å²) in [7, 11) is 0. The number of hydrogen-bond acceptors (Lipinski definition) is 5. The molecule has 210 valence electrons. The zero-order valence-electron chi connectivity index (χ0n) is 23.6. The van der Waals surface area contributed by atoms with Crippen molar-refractivity contribution in [3.05, 3.63) is 82.4 Å². The highest BCUT2D eigenvalue weighted by atomic mass is 16.5. The molecule has 3 aliphatic heterocycles. The van der Waals surface area contributed by atoms with Crippen LogP contribution in [0.2, 0.25) is 0 Å². The Kier molecular flexibility index (Phi) is 7.65. The summed E-state index contributed by atoms with van der Waals surface area (Å²) in [5.74, 6) is -0.130. The second-order valence-electron chi connectivity index (χ2n) is 12.2. The van der Waals surface area contributed by atoms with Crippen molar-refractivity contribution >= 4 is 17.9 Å². The van der Waals surface area contributed by atoms with Crippen LogP contribution in [0.15, 0.2) is 71.3 Å². The van der Waals surface area contributed by atoms with Gasteiger partial charge in [-0.3, -0.25) is 19.4 Å². The molecule has 0 saturated carbocycles. The number of ether oxygens (including phenoxy) is 1. The molecule has 0 bridgehead atoms. The Morgan fingerprint density at radius 2 is 1.73 bits per heavy atom. The number of carbonyl (C=O) groups is 2. The Bertz CT molecular complexity index is 1310. The predicted octanol–water partition coefficient (Wildman–Crippen LogP) is 5.58. The van der Waals surface area contributed by atoms with Crippen molar-refractivity contribution in [1.29, 1.82) is 0 Å². The first-order valence-electron chi connectivity index (χ1n) is 14.8. The highest BCUT2D eigenvalue weighted by Crippen LogP contribution is 2.50. The van der Waals surface area contributed by atoms with Gasteiger partial charge < -0.3 is 9.84 Å². The number of phenolic OH excluding ortho intramolecular Hbond substituents is 1. The molecule has 4 aliphatic rings. The minimum absolute atomic E-state index is 0.00665. The van der Waals surface area contributed by atoms with Crippen LogP contribution in [0.1, 0.15) is 57.1 Å². The van der Waals surface area contributed by atoms with Gasteiger partial charge in [0.1, 0.15) is 5.75 Å². The van der Waals surface area contributed by atoms with Crippen LogP contribution in [0, 0.1) is 17.8 Å². The Hall–Kier alpha value is -3.22. The molecule has 0 spiro atoms. The molecule has 4 atom stereocenters. The van der Waals surface area contributed by atoms with Gasteiger partial charge in [-0.1, -0.05) is 59.7 Å². The first-order chi connectivity index (χ1) is 19.4. The molecule has 6 nitrogen and oxygen atoms in total. The monoisotopic (exact) mass is 540 g/mol. The largest absolute Gasteiger partial charge is 0.508 e. The molecular formula is C34H40N2O4. The van der Waals surface area contributed by atoms with E-state index < -0.39 is 0 Å². The van der Waals surface area contributed by atoms with E-state index in [1.165, 1.54) is 22.3 Å². The molecule has 6 rings (SSSR count). The third kappa shape index (κ3) is 5.27. The molecule has 3 saturated heterocycles. The molecular weight excluding hydrogens is 500 g/mol. The summed E-state index contributed by atoms with van der Waals surface area (Å²) in [6.45, 7) is 7.51.